The van der Waals surface area contributed by atoms with Gasteiger partial charge in [0.05, 0.1) is 18.8 Å². The number of ether oxygens (including phenoxy) is 1. The van der Waals surface area contributed by atoms with Gasteiger partial charge in [-0.1, -0.05) is 0 Å². The van der Waals surface area contributed by atoms with Gasteiger partial charge in [0.25, 0.3) is 0 Å². The minimum Gasteiger partial charge on any atom is -0.396 e. The zero-order valence-corrected chi connectivity index (χ0v) is 10.1. The Morgan fingerprint density at radius 2 is 2.31 bits per heavy atom. The van der Waals surface area contributed by atoms with Crippen molar-refractivity contribution in [3.63, 3.8) is 0 Å². The molecule has 1 heterocycles. The first-order valence-corrected chi connectivity index (χ1v) is 6.25. The van der Waals surface area contributed by atoms with Gasteiger partial charge in [-0.05, 0) is 25.7 Å². The molecular formula is C11H18ClNO3. The maximum absolute atomic E-state index is 11.1. The first-order chi connectivity index (χ1) is 7.64. The number of hydrogen-bond donors (Lipinski definition) is 2. The number of alkyl halides is 1. The number of aliphatic hydroxyl groups is 1. The number of carbonyl (C=O) groups is 1. The number of amides is 1. The second-order valence-corrected chi connectivity index (χ2v) is 5.34. The van der Waals surface area contributed by atoms with E-state index in [1.807, 2.05) is 0 Å². The Kier molecular flexibility index (Phi) is 3.42. The van der Waals surface area contributed by atoms with Crippen LogP contribution in [-0.2, 0) is 9.53 Å². The molecule has 4 nitrogen and oxygen atoms in total. The summed E-state index contributed by atoms with van der Waals surface area (Å²) in [5, 5.41) is 12.2. The van der Waals surface area contributed by atoms with E-state index in [2.05, 4.69) is 5.32 Å². The van der Waals surface area contributed by atoms with Gasteiger partial charge in [-0.2, -0.15) is 0 Å². The van der Waals surface area contributed by atoms with Gasteiger partial charge < -0.3 is 15.2 Å². The number of carbonyl (C=O) groups excluding carboxylic acids is 1. The van der Waals surface area contributed by atoms with Crippen LogP contribution in [0.3, 0.4) is 0 Å². The highest BCUT2D eigenvalue weighted by atomic mass is 35.5. The Hall–Kier alpha value is -0.320. The molecule has 1 aliphatic heterocycles. The van der Waals surface area contributed by atoms with E-state index in [1.165, 1.54) is 0 Å². The van der Waals surface area contributed by atoms with Gasteiger partial charge >= 0.3 is 0 Å². The third kappa shape index (κ3) is 2.19. The van der Waals surface area contributed by atoms with Crippen molar-refractivity contribution in [2.75, 3.05) is 25.6 Å². The summed E-state index contributed by atoms with van der Waals surface area (Å²) in [4.78, 5) is 11.1. The minimum atomic E-state index is -0.261. The lowest BCUT2D eigenvalue weighted by atomic mass is 9.71. The largest absolute Gasteiger partial charge is 0.396 e. The van der Waals surface area contributed by atoms with Crippen molar-refractivity contribution in [3.8, 4) is 0 Å². The zero-order valence-electron chi connectivity index (χ0n) is 9.30. The molecule has 0 radical (unpaired) electrons. The first kappa shape index (κ1) is 12.1. The monoisotopic (exact) mass is 247 g/mol. The first-order valence-electron chi connectivity index (χ1n) is 5.71. The maximum Gasteiger partial charge on any atom is 0.235 e. The Balaban J connectivity index is 1.96. The van der Waals surface area contributed by atoms with E-state index in [0.29, 0.717) is 13.2 Å². The molecule has 2 atom stereocenters. The van der Waals surface area contributed by atoms with Crippen molar-refractivity contribution < 1.29 is 14.6 Å². The summed E-state index contributed by atoms with van der Waals surface area (Å²) in [5.74, 6) is -0.173. The molecule has 2 rings (SSSR count). The summed E-state index contributed by atoms with van der Waals surface area (Å²) in [7, 11) is 0. The van der Waals surface area contributed by atoms with Crippen molar-refractivity contribution in [1.82, 2.24) is 5.32 Å². The highest BCUT2D eigenvalue weighted by molar-refractivity contribution is 6.27. The van der Waals surface area contributed by atoms with Gasteiger partial charge in [-0.15, -0.1) is 11.6 Å². The fraction of sp³-hybridized carbons (Fsp3) is 0.909. The smallest absolute Gasteiger partial charge is 0.235 e. The number of aliphatic hydroxyl groups excluding tert-OH is 1. The molecule has 0 spiro atoms. The molecule has 0 aromatic heterocycles. The number of nitrogens with one attached hydrogen (secondary N) is 1. The van der Waals surface area contributed by atoms with Gasteiger partial charge in [-0.3, -0.25) is 4.79 Å². The molecular weight excluding hydrogens is 230 g/mol. The molecule has 1 saturated carbocycles. The lowest BCUT2D eigenvalue weighted by Gasteiger charge is -2.36. The number of hydrogen-bond acceptors (Lipinski definition) is 3. The van der Waals surface area contributed by atoms with E-state index in [9.17, 15) is 9.90 Å². The molecule has 0 aromatic carbocycles. The minimum absolute atomic E-state index is 0.0127. The highest BCUT2D eigenvalue weighted by Crippen LogP contribution is 2.49. The van der Waals surface area contributed by atoms with Crippen LogP contribution in [0.25, 0.3) is 0 Å². The lowest BCUT2D eigenvalue weighted by Crippen LogP contribution is -2.45. The molecule has 2 fully saturated rings. The predicted molar refractivity (Wildman–Crippen MR) is 60.4 cm³/mol. The average molecular weight is 248 g/mol. The fourth-order valence-electron chi connectivity index (χ4n) is 2.89. The standard InChI is InChI=1S/C11H18ClNO3/c12-4-9(15)13-6-11-3-1-2-10(5-11,7-14)8-16-11/h14H,1-8H2,(H,13,15). The van der Waals surface area contributed by atoms with Crippen LogP contribution in [0.1, 0.15) is 25.7 Å². The third-order valence-corrected chi connectivity index (χ3v) is 4.03. The zero-order chi connectivity index (χ0) is 11.6. The summed E-state index contributed by atoms with van der Waals surface area (Å²) in [6.45, 7) is 1.30. The van der Waals surface area contributed by atoms with E-state index in [1.54, 1.807) is 0 Å². The molecule has 0 aromatic rings. The molecule has 2 unspecified atom stereocenters. The molecule has 16 heavy (non-hydrogen) atoms. The summed E-state index contributed by atoms with van der Waals surface area (Å²) >= 11 is 5.43. The summed E-state index contributed by atoms with van der Waals surface area (Å²) < 4.78 is 5.84. The predicted octanol–water partition coefficient (Wildman–Crippen LogP) is 0.663. The van der Waals surface area contributed by atoms with Crippen molar-refractivity contribution >= 4 is 17.5 Å². The molecule has 92 valence electrons. The van der Waals surface area contributed by atoms with E-state index in [0.717, 1.165) is 25.7 Å². The summed E-state index contributed by atoms with van der Waals surface area (Å²) in [6, 6.07) is 0. The van der Waals surface area contributed by atoms with Crippen LogP contribution in [0.15, 0.2) is 0 Å². The van der Waals surface area contributed by atoms with Gasteiger partial charge in [-0.25, -0.2) is 0 Å². The van der Waals surface area contributed by atoms with Crippen LogP contribution in [0.2, 0.25) is 0 Å². The van der Waals surface area contributed by atoms with E-state index in [4.69, 9.17) is 16.3 Å². The summed E-state index contributed by atoms with van der Waals surface area (Å²) in [6.07, 6.45) is 3.88. The van der Waals surface area contributed by atoms with Gasteiger partial charge in [0.1, 0.15) is 5.88 Å². The van der Waals surface area contributed by atoms with E-state index in [-0.39, 0.29) is 29.4 Å². The van der Waals surface area contributed by atoms with Gasteiger partial charge in [0.15, 0.2) is 0 Å². The Morgan fingerprint density at radius 3 is 3.00 bits per heavy atom. The Bertz CT molecular complexity index is 286. The van der Waals surface area contributed by atoms with Crippen LogP contribution in [0.5, 0.6) is 0 Å². The van der Waals surface area contributed by atoms with Crippen LogP contribution in [-0.4, -0.2) is 42.3 Å². The van der Waals surface area contributed by atoms with Gasteiger partial charge in [0, 0.05) is 12.0 Å². The van der Waals surface area contributed by atoms with Crippen molar-refractivity contribution in [3.05, 3.63) is 0 Å². The van der Waals surface area contributed by atoms with E-state index >= 15 is 0 Å². The number of rotatable bonds is 4. The maximum atomic E-state index is 11.1. The van der Waals surface area contributed by atoms with Crippen LogP contribution >= 0.6 is 11.6 Å². The average Bonchev–Trinajstić information content (AvgIpc) is 2.59. The molecule has 2 N–H and O–H groups in total. The second-order valence-electron chi connectivity index (χ2n) is 5.07. The topological polar surface area (TPSA) is 58.6 Å². The Morgan fingerprint density at radius 1 is 1.50 bits per heavy atom. The van der Waals surface area contributed by atoms with Gasteiger partial charge in [0.2, 0.25) is 5.91 Å². The molecule has 1 aliphatic carbocycles. The van der Waals surface area contributed by atoms with E-state index < -0.39 is 0 Å². The van der Waals surface area contributed by atoms with Crippen molar-refractivity contribution in [1.29, 1.82) is 0 Å². The molecule has 1 saturated heterocycles. The lowest BCUT2D eigenvalue weighted by molar-refractivity contribution is -0.120. The molecule has 2 aliphatic rings. The van der Waals surface area contributed by atoms with Crippen molar-refractivity contribution in [2.45, 2.75) is 31.3 Å². The quantitative estimate of drug-likeness (QED) is 0.718. The molecule has 1 amide bonds. The highest BCUT2D eigenvalue weighted by Gasteiger charge is 2.51. The SMILES string of the molecule is O=C(CCl)NCC12CCCC(CO)(CO1)C2. The van der Waals surface area contributed by atoms with Crippen molar-refractivity contribution in [2.24, 2.45) is 5.41 Å². The molecule has 5 heteroatoms. The fourth-order valence-corrected chi connectivity index (χ4v) is 2.98. The second kappa shape index (κ2) is 4.51. The normalized spacial score (nSPS) is 37.4. The van der Waals surface area contributed by atoms with Crippen LogP contribution in [0, 0.1) is 5.41 Å². The van der Waals surface area contributed by atoms with Crippen LogP contribution in [0.4, 0.5) is 0 Å². The third-order valence-electron chi connectivity index (χ3n) is 3.79. The number of fused-ring (bicyclic) bond motifs is 2. The number of halogens is 1. The molecule has 2 bridgehead atoms. The summed E-state index contributed by atoms with van der Waals surface area (Å²) in [5.41, 5.74) is -0.327. The Labute approximate surface area is 100 Å². The van der Waals surface area contributed by atoms with Crippen LogP contribution < -0.4 is 5.32 Å².